The van der Waals surface area contributed by atoms with Crippen molar-refractivity contribution in [2.75, 3.05) is 13.1 Å². The normalized spacial score (nSPS) is 13.5. The molecule has 0 saturated carbocycles. The van der Waals surface area contributed by atoms with Crippen molar-refractivity contribution in [1.29, 1.82) is 0 Å². The van der Waals surface area contributed by atoms with Crippen LogP contribution in [0.25, 0.3) is 16.6 Å². The van der Waals surface area contributed by atoms with Gasteiger partial charge in [0.05, 0.1) is 16.6 Å². The number of nitrogens with zero attached hydrogens (tertiary/aromatic N) is 3. The Balaban J connectivity index is 1.61. The number of rotatable bonds is 5. The quantitative estimate of drug-likeness (QED) is 0.289. The van der Waals surface area contributed by atoms with E-state index >= 15 is 0 Å². The summed E-state index contributed by atoms with van der Waals surface area (Å²) >= 11 is 1.44. The second kappa shape index (κ2) is 9.43. The van der Waals surface area contributed by atoms with E-state index in [1.165, 1.54) is 28.5 Å². The molecule has 1 aromatic heterocycles. The van der Waals surface area contributed by atoms with Crippen molar-refractivity contribution in [2.45, 2.75) is 30.7 Å². The first-order valence-electron chi connectivity index (χ1n) is 11.3. The standard InChI is InChI=1S/C27H24FN3O2S/c1-18-6-2-3-7-20(18)17-34-27-29-24-16-19(25(32)30-14-4-5-15-30)8-13-23(24)26(33)31(27)22-11-9-21(28)10-12-22/h2-3,6-13,16H,4-5,14-15,17H2,1H3. The molecule has 3 aromatic carbocycles. The number of carbonyl (C=O) groups excluding carboxylic acids is 1. The van der Waals surface area contributed by atoms with Crippen LogP contribution < -0.4 is 5.56 Å². The number of hydrogen-bond donors (Lipinski definition) is 0. The van der Waals surface area contributed by atoms with Gasteiger partial charge in [0.2, 0.25) is 0 Å². The molecule has 5 rings (SSSR count). The van der Waals surface area contributed by atoms with Crippen LogP contribution in [0.4, 0.5) is 4.39 Å². The largest absolute Gasteiger partial charge is 0.339 e. The van der Waals surface area contributed by atoms with Crippen molar-refractivity contribution in [3.05, 3.63) is 99.6 Å². The highest BCUT2D eigenvalue weighted by atomic mass is 32.2. The summed E-state index contributed by atoms with van der Waals surface area (Å²) < 4.78 is 15.1. The van der Waals surface area contributed by atoms with Gasteiger partial charge in [-0.3, -0.25) is 14.2 Å². The first-order chi connectivity index (χ1) is 16.5. The molecular formula is C27H24FN3O2S. The second-order valence-electron chi connectivity index (χ2n) is 8.46. The summed E-state index contributed by atoms with van der Waals surface area (Å²) in [5, 5.41) is 0.917. The van der Waals surface area contributed by atoms with E-state index in [9.17, 15) is 14.0 Å². The lowest BCUT2D eigenvalue weighted by Gasteiger charge is -2.16. The second-order valence-corrected chi connectivity index (χ2v) is 9.40. The van der Waals surface area contributed by atoms with Gasteiger partial charge in [-0.05, 0) is 73.4 Å². The molecular weight excluding hydrogens is 449 g/mol. The van der Waals surface area contributed by atoms with Gasteiger partial charge in [-0.2, -0.15) is 0 Å². The highest BCUT2D eigenvalue weighted by Gasteiger charge is 2.21. The summed E-state index contributed by atoms with van der Waals surface area (Å²) in [5.41, 5.74) is 3.63. The van der Waals surface area contributed by atoms with Gasteiger partial charge >= 0.3 is 0 Å². The summed E-state index contributed by atoms with van der Waals surface area (Å²) in [4.78, 5) is 33.1. The predicted octanol–water partition coefficient (Wildman–Crippen LogP) is 5.36. The van der Waals surface area contributed by atoms with Crippen molar-refractivity contribution in [3.63, 3.8) is 0 Å². The number of aryl methyl sites for hydroxylation is 1. The summed E-state index contributed by atoms with van der Waals surface area (Å²) in [7, 11) is 0. The highest BCUT2D eigenvalue weighted by molar-refractivity contribution is 7.98. The first kappa shape index (κ1) is 22.3. The van der Waals surface area contributed by atoms with Crippen LogP contribution in [0.1, 0.15) is 34.3 Å². The highest BCUT2D eigenvalue weighted by Crippen LogP contribution is 2.26. The Kier molecular flexibility index (Phi) is 6.20. The van der Waals surface area contributed by atoms with Gasteiger partial charge in [-0.25, -0.2) is 9.37 Å². The number of halogens is 1. The third-order valence-electron chi connectivity index (χ3n) is 6.18. The first-order valence-corrected chi connectivity index (χ1v) is 12.3. The van der Waals surface area contributed by atoms with Gasteiger partial charge in [0, 0.05) is 24.4 Å². The number of benzene rings is 3. The topological polar surface area (TPSA) is 55.2 Å². The van der Waals surface area contributed by atoms with E-state index in [2.05, 4.69) is 6.07 Å². The lowest BCUT2D eigenvalue weighted by Crippen LogP contribution is -2.28. The van der Waals surface area contributed by atoms with Crippen molar-refractivity contribution < 1.29 is 9.18 Å². The molecule has 0 radical (unpaired) electrons. The third-order valence-corrected chi connectivity index (χ3v) is 7.17. The average Bonchev–Trinajstić information content (AvgIpc) is 3.39. The molecule has 0 atom stereocenters. The average molecular weight is 474 g/mol. The van der Waals surface area contributed by atoms with E-state index < -0.39 is 0 Å². The van der Waals surface area contributed by atoms with Crippen LogP contribution in [0.15, 0.2) is 76.7 Å². The summed E-state index contributed by atoms with van der Waals surface area (Å²) in [6.07, 6.45) is 2.03. The van der Waals surface area contributed by atoms with Gasteiger partial charge < -0.3 is 4.90 Å². The maximum atomic E-state index is 13.6. The predicted molar refractivity (Wildman–Crippen MR) is 133 cm³/mol. The smallest absolute Gasteiger partial charge is 0.266 e. The number of likely N-dealkylation sites (tertiary alicyclic amines) is 1. The lowest BCUT2D eigenvalue weighted by molar-refractivity contribution is 0.0793. The Morgan fingerprint density at radius 1 is 1.03 bits per heavy atom. The van der Waals surface area contributed by atoms with Gasteiger partial charge in [0.25, 0.3) is 11.5 Å². The lowest BCUT2D eigenvalue weighted by atomic mass is 10.1. The molecule has 1 amide bonds. The monoisotopic (exact) mass is 473 g/mol. The number of carbonyl (C=O) groups is 1. The number of amides is 1. The van der Waals surface area contributed by atoms with Crippen LogP contribution in [0, 0.1) is 12.7 Å². The van der Waals surface area contributed by atoms with Gasteiger partial charge in [0.15, 0.2) is 5.16 Å². The summed E-state index contributed by atoms with van der Waals surface area (Å²) in [6, 6.07) is 19.0. The maximum Gasteiger partial charge on any atom is 0.266 e. The number of hydrogen-bond acceptors (Lipinski definition) is 4. The Morgan fingerprint density at radius 3 is 2.50 bits per heavy atom. The molecule has 2 heterocycles. The summed E-state index contributed by atoms with van der Waals surface area (Å²) in [6.45, 7) is 3.56. The molecule has 5 nitrogen and oxygen atoms in total. The van der Waals surface area contributed by atoms with Crippen molar-refractivity contribution >= 4 is 28.6 Å². The summed E-state index contributed by atoms with van der Waals surface area (Å²) in [5.74, 6) is 0.223. The fourth-order valence-corrected chi connectivity index (χ4v) is 5.32. The number of thioether (sulfide) groups is 1. The molecule has 1 aliphatic rings. The van der Waals surface area contributed by atoms with Gasteiger partial charge in [-0.1, -0.05) is 36.0 Å². The van der Waals surface area contributed by atoms with Gasteiger partial charge in [0.1, 0.15) is 5.82 Å². The minimum atomic E-state index is -0.371. The third kappa shape index (κ3) is 4.35. The molecule has 34 heavy (non-hydrogen) atoms. The molecule has 0 bridgehead atoms. The van der Waals surface area contributed by atoms with Crippen molar-refractivity contribution in [3.8, 4) is 5.69 Å². The van der Waals surface area contributed by atoms with Crippen LogP contribution >= 0.6 is 11.8 Å². The molecule has 0 N–H and O–H groups in total. The van der Waals surface area contributed by atoms with E-state index in [1.54, 1.807) is 30.3 Å². The molecule has 172 valence electrons. The number of fused-ring (bicyclic) bond motifs is 1. The van der Waals surface area contributed by atoms with E-state index in [-0.39, 0.29) is 17.3 Å². The van der Waals surface area contributed by atoms with Crippen LogP contribution in [0.2, 0.25) is 0 Å². The minimum Gasteiger partial charge on any atom is -0.339 e. The molecule has 1 fully saturated rings. The molecule has 0 aliphatic carbocycles. The van der Waals surface area contributed by atoms with E-state index in [0.717, 1.165) is 37.1 Å². The Labute approximate surface area is 201 Å². The van der Waals surface area contributed by atoms with Crippen LogP contribution in [0.5, 0.6) is 0 Å². The Morgan fingerprint density at radius 2 is 1.76 bits per heavy atom. The van der Waals surface area contributed by atoms with Crippen LogP contribution in [0.3, 0.4) is 0 Å². The van der Waals surface area contributed by atoms with Gasteiger partial charge in [-0.15, -0.1) is 0 Å². The fourth-order valence-electron chi connectivity index (χ4n) is 4.23. The van der Waals surface area contributed by atoms with Crippen molar-refractivity contribution in [1.82, 2.24) is 14.5 Å². The minimum absolute atomic E-state index is 0.0296. The SMILES string of the molecule is Cc1ccccc1CSc1nc2cc(C(=O)N3CCCC3)ccc2c(=O)n1-c1ccc(F)cc1. The molecule has 0 unspecified atom stereocenters. The Bertz CT molecular complexity index is 1430. The molecule has 4 aromatic rings. The van der Waals surface area contributed by atoms with Crippen LogP contribution in [-0.2, 0) is 5.75 Å². The zero-order chi connectivity index (χ0) is 23.7. The fraction of sp³-hybridized carbons (Fsp3) is 0.222. The zero-order valence-electron chi connectivity index (χ0n) is 18.8. The maximum absolute atomic E-state index is 13.6. The zero-order valence-corrected chi connectivity index (χ0v) is 19.6. The number of aromatic nitrogens is 2. The molecule has 1 saturated heterocycles. The van der Waals surface area contributed by atoms with Crippen LogP contribution in [-0.4, -0.2) is 33.4 Å². The van der Waals surface area contributed by atoms with E-state index in [1.807, 2.05) is 30.0 Å². The molecule has 7 heteroatoms. The molecule has 1 aliphatic heterocycles. The van der Waals surface area contributed by atoms with E-state index in [4.69, 9.17) is 4.98 Å². The Hall–Kier alpha value is -3.45. The molecule has 0 spiro atoms. The van der Waals surface area contributed by atoms with E-state index in [0.29, 0.717) is 33.1 Å². The van der Waals surface area contributed by atoms with Crippen molar-refractivity contribution in [2.24, 2.45) is 0 Å².